The minimum atomic E-state index is 0.716. The number of nitrogens with two attached hydrogens (primary N) is 1. The van der Waals surface area contributed by atoms with E-state index in [0.29, 0.717) is 6.54 Å². The number of hydrogen-bond acceptors (Lipinski definition) is 4. The lowest BCUT2D eigenvalue weighted by Crippen LogP contribution is -2.25. The van der Waals surface area contributed by atoms with E-state index in [-0.39, 0.29) is 0 Å². The van der Waals surface area contributed by atoms with Crippen LogP contribution in [0.1, 0.15) is 18.5 Å². The molecule has 2 aromatic heterocycles. The SMILES string of the molecule is NCCCCN(Cc1nccc2ccccc12)c1cccc2cccnc12. The summed E-state index contributed by atoms with van der Waals surface area (Å²) in [7, 11) is 0. The van der Waals surface area contributed by atoms with E-state index in [2.05, 4.69) is 64.5 Å². The van der Waals surface area contributed by atoms with Gasteiger partial charge in [0.1, 0.15) is 0 Å². The summed E-state index contributed by atoms with van der Waals surface area (Å²) in [5, 5.41) is 3.59. The third kappa shape index (κ3) is 3.76. The number of benzene rings is 2. The molecule has 2 N–H and O–H groups in total. The Labute approximate surface area is 159 Å². The van der Waals surface area contributed by atoms with Crippen molar-refractivity contribution in [3.05, 3.63) is 78.8 Å². The number of unbranched alkanes of at least 4 members (excludes halogenated alkanes) is 1. The zero-order valence-electron chi connectivity index (χ0n) is 15.4. The second-order valence-electron chi connectivity index (χ2n) is 6.75. The Balaban J connectivity index is 1.74. The Morgan fingerprint density at radius 1 is 0.778 bits per heavy atom. The normalized spacial score (nSPS) is 11.1. The zero-order valence-corrected chi connectivity index (χ0v) is 15.4. The molecule has 136 valence electrons. The van der Waals surface area contributed by atoms with Gasteiger partial charge in [0.2, 0.25) is 0 Å². The van der Waals surface area contributed by atoms with Crippen molar-refractivity contribution in [3.63, 3.8) is 0 Å². The molecule has 0 aliphatic carbocycles. The predicted molar refractivity (Wildman–Crippen MR) is 113 cm³/mol. The van der Waals surface area contributed by atoms with Crippen LogP contribution in [0.2, 0.25) is 0 Å². The maximum Gasteiger partial charge on any atom is 0.0935 e. The van der Waals surface area contributed by atoms with E-state index in [4.69, 9.17) is 10.7 Å². The standard InChI is InChI=1S/C23H24N4/c24-13-3-4-16-27(22-11-5-8-19-9-6-14-26-23(19)22)17-21-20-10-2-1-7-18(20)12-15-25-21/h1-2,5-12,14-15H,3-4,13,16-17,24H2. The largest absolute Gasteiger partial charge is 0.364 e. The summed E-state index contributed by atoms with van der Waals surface area (Å²) in [4.78, 5) is 11.7. The maximum atomic E-state index is 5.73. The number of fused-ring (bicyclic) bond motifs is 2. The molecule has 4 rings (SSSR count). The van der Waals surface area contributed by atoms with E-state index >= 15 is 0 Å². The van der Waals surface area contributed by atoms with Gasteiger partial charge in [-0.3, -0.25) is 9.97 Å². The highest BCUT2D eigenvalue weighted by Crippen LogP contribution is 2.27. The average Bonchev–Trinajstić information content (AvgIpc) is 2.73. The Morgan fingerprint density at radius 2 is 1.63 bits per heavy atom. The zero-order chi connectivity index (χ0) is 18.5. The van der Waals surface area contributed by atoms with E-state index < -0.39 is 0 Å². The van der Waals surface area contributed by atoms with E-state index in [0.717, 1.165) is 48.2 Å². The van der Waals surface area contributed by atoms with Gasteiger partial charge >= 0.3 is 0 Å². The quantitative estimate of drug-likeness (QED) is 0.494. The fraction of sp³-hybridized carbons (Fsp3) is 0.217. The van der Waals surface area contributed by atoms with Crippen LogP contribution in [0.5, 0.6) is 0 Å². The van der Waals surface area contributed by atoms with Crippen molar-refractivity contribution in [1.82, 2.24) is 9.97 Å². The van der Waals surface area contributed by atoms with Crippen molar-refractivity contribution in [2.45, 2.75) is 19.4 Å². The minimum absolute atomic E-state index is 0.716. The summed E-state index contributed by atoms with van der Waals surface area (Å²) in [5.41, 5.74) is 9.01. The summed E-state index contributed by atoms with van der Waals surface area (Å²) in [5.74, 6) is 0. The first-order valence-electron chi connectivity index (χ1n) is 9.48. The second-order valence-corrected chi connectivity index (χ2v) is 6.75. The van der Waals surface area contributed by atoms with Crippen LogP contribution in [0.4, 0.5) is 5.69 Å². The molecule has 0 radical (unpaired) electrons. The highest BCUT2D eigenvalue weighted by molar-refractivity contribution is 5.91. The van der Waals surface area contributed by atoms with E-state index in [1.54, 1.807) is 0 Å². The van der Waals surface area contributed by atoms with Crippen molar-refractivity contribution >= 4 is 27.4 Å². The summed E-state index contributed by atoms with van der Waals surface area (Å²) in [6.45, 7) is 2.40. The molecule has 0 aliphatic rings. The number of aromatic nitrogens is 2. The van der Waals surface area contributed by atoms with Crippen molar-refractivity contribution in [1.29, 1.82) is 0 Å². The van der Waals surface area contributed by atoms with Gasteiger partial charge in [-0.25, -0.2) is 0 Å². The molecule has 0 amide bonds. The molecule has 0 spiro atoms. The summed E-state index contributed by atoms with van der Waals surface area (Å²) < 4.78 is 0. The number of anilines is 1. The molecular formula is C23H24N4. The van der Waals surface area contributed by atoms with Crippen LogP contribution in [0.15, 0.2) is 73.1 Å². The van der Waals surface area contributed by atoms with Gasteiger partial charge in [0, 0.05) is 29.7 Å². The molecule has 27 heavy (non-hydrogen) atoms. The van der Waals surface area contributed by atoms with Gasteiger partial charge in [-0.1, -0.05) is 42.5 Å². The van der Waals surface area contributed by atoms with Crippen LogP contribution in [0.25, 0.3) is 21.7 Å². The lowest BCUT2D eigenvalue weighted by atomic mass is 10.1. The van der Waals surface area contributed by atoms with Crippen molar-refractivity contribution < 1.29 is 0 Å². The van der Waals surface area contributed by atoms with Crippen LogP contribution in [-0.4, -0.2) is 23.1 Å². The maximum absolute atomic E-state index is 5.73. The minimum Gasteiger partial charge on any atom is -0.364 e. The molecule has 0 saturated heterocycles. The number of rotatable bonds is 7. The van der Waals surface area contributed by atoms with Gasteiger partial charge in [-0.05, 0) is 43.0 Å². The van der Waals surface area contributed by atoms with Gasteiger partial charge in [0.05, 0.1) is 23.4 Å². The van der Waals surface area contributed by atoms with Crippen LogP contribution in [0, 0.1) is 0 Å². The molecule has 0 saturated carbocycles. The van der Waals surface area contributed by atoms with Crippen molar-refractivity contribution in [3.8, 4) is 0 Å². The molecule has 0 atom stereocenters. The molecule has 4 aromatic rings. The Bertz CT molecular complexity index is 1030. The fourth-order valence-electron chi connectivity index (χ4n) is 3.56. The molecule has 0 fully saturated rings. The first kappa shape index (κ1) is 17.4. The Morgan fingerprint density at radius 3 is 2.56 bits per heavy atom. The number of para-hydroxylation sites is 1. The molecule has 0 aliphatic heterocycles. The highest BCUT2D eigenvalue weighted by Gasteiger charge is 2.14. The van der Waals surface area contributed by atoms with Gasteiger partial charge < -0.3 is 10.6 Å². The van der Waals surface area contributed by atoms with Crippen LogP contribution in [0.3, 0.4) is 0 Å². The van der Waals surface area contributed by atoms with Crippen molar-refractivity contribution in [2.24, 2.45) is 5.73 Å². The van der Waals surface area contributed by atoms with Gasteiger partial charge in [0.15, 0.2) is 0 Å². The molecule has 4 nitrogen and oxygen atoms in total. The Hall–Kier alpha value is -2.98. The topological polar surface area (TPSA) is 55.0 Å². The number of nitrogens with zero attached hydrogens (tertiary/aromatic N) is 3. The van der Waals surface area contributed by atoms with Crippen LogP contribution in [-0.2, 0) is 6.54 Å². The molecule has 0 unspecified atom stereocenters. The molecule has 2 heterocycles. The summed E-state index contributed by atoms with van der Waals surface area (Å²) >= 11 is 0. The van der Waals surface area contributed by atoms with Crippen LogP contribution < -0.4 is 10.6 Å². The average molecular weight is 356 g/mol. The Kier molecular flexibility index (Phi) is 5.26. The van der Waals surface area contributed by atoms with Crippen LogP contribution >= 0.6 is 0 Å². The predicted octanol–water partition coefficient (Wildman–Crippen LogP) is 4.53. The third-order valence-corrected chi connectivity index (χ3v) is 4.93. The van der Waals surface area contributed by atoms with Gasteiger partial charge in [-0.15, -0.1) is 0 Å². The summed E-state index contributed by atoms with van der Waals surface area (Å²) in [6.07, 6.45) is 5.82. The fourth-order valence-corrected chi connectivity index (χ4v) is 3.56. The van der Waals surface area contributed by atoms with E-state index in [1.807, 2.05) is 18.5 Å². The van der Waals surface area contributed by atoms with E-state index in [9.17, 15) is 0 Å². The molecule has 0 bridgehead atoms. The highest BCUT2D eigenvalue weighted by atomic mass is 15.1. The third-order valence-electron chi connectivity index (χ3n) is 4.93. The monoisotopic (exact) mass is 356 g/mol. The van der Waals surface area contributed by atoms with Gasteiger partial charge in [0.25, 0.3) is 0 Å². The second kappa shape index (κ2) is 8.14. The lowest BCUT2D eigenvalue weighted by molar-refractivity contribution is 0.689. The first-order chi connectivity index (χ1) is 13.4. The van der Waals surface area contributed by atoms with E-state index in [1.165, 1.54) is 10.8 Å². The van der Waals surface area contributed by atoms with Gasteiger partial charge in [-0.2, -0.15) is 0 Å². The number of pyridine rings is 2. The number of hydrogen-bond donors (Lipinski definition) is 1. The molecule has 4 heteroatoms. The molecular weight excluding hydrogens is 332 g/mol. The smallest absolute Gasteiger partial charge is 0.0935 e. The lowest BCUT2D eigenvalue weighted by Gasteiger charge is -2.26. The first-order valence-corrected chi connectivity index (χ1v) is 9.48. The van der Waals surface area contributed by atoms with Crippen molar-refractivity contribution in [2.75, 3.05) is 18.0 Å². The summed E-state index contributed by atoms with van der Waals surface area (Å²) in [6, 6.07) is 21.0. The molecule has 2 aromatic carbocycles.